The molecule has 0 aromatic heterocycles. The van der Waals surface area contributed by atoms with Crippen LogP contribution in [0.3, 0.4) is 0 Å². The first-order valence-corrected chi connectivity index (χ1v) is 5.09. The summed E-state index contributed by atoms with van der Waals surface area (Å²) in [6.07, 6.45) is 1.02. The molecule has 3 N–H and O–H groups in total. The predicted octanol–water partition coefficient (Wildman–Crippen LogP) is 1.19. The molecule has 4 heteroatoms. The highest BCUT2D eigenvalue weighted by Gasteiger charge is 2.16. The Morgan fingerprint density at radius 1 is 1.33 bits per heavy atom. The molecule has 15 heavy (non-hydrogen) atoms. The standard InChI is InChI=1S/C11H15NO3/c12-5-1-2-9(13)8-3-4-10-11(6-8)15-7-14-10/h3-4,6,9,13H,1-2,5,7,12H2. The van der Waals surface area contributed by atoms with E-state index in [1.54, 1.807) is 0 Å². The highest BCUT2D eigenvalue weighted by Crippen LogP contribution is 2.34. The molecule has 82 valence electrons. The average molecular weight is 209 g/mol. The molecule has 4 nitrogen and oxygen atoms in total. The molecule has 1 heterocycles. The SMILES string of the molecule is NCCCC(O)c1ccc2c(c1)OCO2. The topological polar surface area (TPSA) is 64.7 Å². The van der Waals surface area contributed by atoms with Gasteiger partial charge in [-0.05, 0) is 37.1 Å². The first kappa shape index (κ1) is 10.3. The quantitative estimate of drug-likeness (QED) is 0.781. The molecule has 1 aliphatic heterocycles. The summed E-state index contributed by atoms with van der Waals surface area (Å²) in [6, 6.07) is 5.50. The first-order chi connectivity index (χ1) is 7.31. The number of hydrogen-bond acceptors (Lipinski definition) is 4. The smallest absolute Gasteiger partial charge is 0.231 e. The van der Waals surface area contributed by atoms with Crippen molar-refractivity contribution in [2.45, 2.75) is 18.9 Å². The number of hydrogen-bond donors (Lipinski definition) is 2. The number of aliphatic hydroxyl groups excluding tert-OH is 1. The van der Waals surface area contributed by atoms with Crippen LogP contribution in [-0.4, -0.2) is 18.4 Å². The maximum Gasteiger partial charge on any atom is 0.231 e. The van der Waals surface area contributed by atoms with E-state index in [2.05, 4.69) is 0 Å². The fourth-order valence-corrected chi connectivity index (χ4v) is 1.60. The zero-order chi connectivity index (χ0) is 10.7. The Hall–Kier alpha value is -1.26. The van der Waals surface area contributed by atoms with Gasteiger partial charge in [0.05, 0.1) is 6.10 Å². The van der Waals surface area contributed by atoms with E-state index in [-0.39, 0.29) is 6.79 Å². The minimum Gasteiger partial charge on any atom is -0.454 e. The van der Waals surface area contributed by atoms with E-state index in [1.807, 2.05) is 18.2 Å². The van der Waals surface area contributed by atoms with Crippen molar-refractivity contribution >= 4 is 0 Å². The maximum atomic E-state index is 9.83. The third-order valence-electron chi connectivity index (χ3n) is 2.46. The zero-order valence-corrected chi connectivity index (χ0v) is 8.48. The van der Waals surface area contributed by atoms with E-state index < -0.39 is 6.10 Å². The molecule has 0 radical (unpaired) electrons. The van der Waals surface area contributed by atoms with Crippen LogP contribution in [0.25, 0.3) is 0 Å². The zero-order valence-electron chi connectivity index (χ0n) is 8.48. The average Bonchev–Trinajstić information content (AvgIpc) is 2.72. The summed E-state index contributed by atoms with van der Waals surface area (Å²) in [4.78, 5) is 0. The van der Waals surface area contributed by atoms with Gasteiger partial charge in [-0.25, -0.2) is 0 Å². The van der Waals surface area contributed by atoms with Crippen LogP contribution in [0.2, 0.25) is 0 Å². The van der Waals surface area contributed by atoms with Crippen molar-refractivity contribution in [1.29, 1.82) is 0 Å². The van der Waals surface area contributed by atoms with Crippen LogP contribution in [0.4, 0.5) is 0 Å². The number of aliphatic hydroxyl groups is 1. The fraction of sp³-hybridized carbons (Fsp3) is 0.455. The highest BCUT2D eigenvalue weighted by molar-refractivity contribution is 5.44. The minimum atomic E-state index is -0.469. The maximum absolute atomic E-state index is 9.83. The molecule has 1 aromatic carbocycles. The predicted molar refractivity (Wildman–Crippen MR) is 55.8 cm³/mol. The summed E-state index contributed by atoms with van der Waals surface area (Å²) in [6.45, 7) is 0.860. The molecule has 1 aromatic rings. The van der Waals surface area contributed by atoms with Crippen molar-refractivity contribution < 1.29 is 14.6 Å². The largest absolute Gasteiger partial charge is 0.454 e. The molecular weight excluding hydrogens is 194 g/mol. The Labute approximate surface area is 88.6 Å². The molecule has 1 aliphatic rings. The Morgan fingerprint density at radius 2 is 2.13 bits per heavy atom. The molecule has 0 saturated carbocycles. The van der Waals surface area contributed by atoms with Crippen LogP contribution in [0, 0.1) is 0 Å². The third-order valence-corrected chi connectivity index (χ3v) is 2.46. The number of benzene rings is 1. The van der Waals surface area contributed by atoms with Gasteiger partial charge in [-0.1, -0.05) is 6.07 Å². The fourth-order valence-electron chi connectivity index (χ4n) is 1.60. The van der Waals surface area contributed by atoms with E-state index in [9.17, 15) is 5.11 Å². The molecule has 1 unspecified atom stereocenters. The molecule has 0 saturated heterocycles. The highest BCUT2D eigenvalue weighted by atomic mass is 16.7. The molecule has 0 spiro atoms. The Bertz CT molecular complexity index is 341. The van der Waals surface area contributed by atoms with Gasteiger partial charge in [0.1, 0.15) is 0 Å². The summed E-state index contributed by atoms with van der Waals surface area (Å²) < 4.78 is 10.4. The van der Waals surface area contributed by atoms with Gasteiger partial charge in [0.15, 0.2) is 11.5 Å². The Balaban J connectivity index is 2.08. The number of nitrogens with two attached hydrogens (primary N) is 1. The van der Waals surface area contributed by atoms with Crippen LogP contribution in [0.1, 0.15) is 24.5 Å². The number of rotatable bonds is 4. The molecular formula is C11H15NO3. The number of ether oxygens (including phenoxy) is 2. The van der Waals surface area contributed by atoms with E-state index in [0.29, 0.717) is 18.7 Å². The second-order valence-corrected chi connectivity index (χ2v) is 3.56. The van der Waals surface area contributed by atoms with Gasteiger partial charge in [0.25, 0.3) is 0 Å². The lowest BCUT2D eigenvalue weighted by molar-refractivity contribution is 0.163. The van der Waals surface area contributed by atoms with Gasteiger partial charge >= 0.3 is 0 Å². The van der Waals surface area contributed by atoms with Crippen molar-refractivity contribution in [3.63, 3.8) is 0 Å². The van der Waals surface area contributed by atoms with Crippen LogP contribution >= 0.6 is 0 Å². The Kier molecular flexibility index (Phi) is 3.08. The van der Waals surface area contributed by atoms with Crippen LogP contribution in [0.15, 0.2) is 18.2 Å². The molecule has 2 rings (SSSR count). The lowest BCUT2D eigenvalue weighted by Gasteiger charge is -2.10. The lowest BCUT2D eigenvalue weighted by atomic mass is 10.0. The van der Waals surface area contributed by atoms with E-state index >= 15 is 0 Å². The molecule has 0 bridgehead atoms. The van der Waals surface area contributed by atoms with Gasteiger partial charge in [0, 0.05) is 0 Å². The first-order valence-electron chi connectivity index (χ1n) is 5.09. The molecule has 0 aliphatic carbocycles. The van der Waals surface area contributed by atoms with Crippen molar-refractivity contribution in [1.82, 2.24) is 0 Å². The van der Waals surface area contributed by atoms with Crippen LogP contribution in [0.5, 0.6) is 11.5 Å². The summed E-state index contributed by atoms with van der Waals surface area (Å²) >= 11 is 0. The summed E-state index contributed by atoms with van der Waals surface area (Å²) in [5.41, 5.74) is 6.24. The van der Waals surface area contributed by atoms with Crippen molar-refractivity contribution in [3.05, 3.63) is 23.8 Å². The summed E-state index contributed by atoms with van der Waals surface area (Å²) in [5.74, 6) is 1.45. The Morgan fingerprint density at radius 3 is 2.93 bits per heavy atom. The minimum absolute atomic E-state index is 0.262. The van der Waals surface area contributed by atoms with Gasteiger partial charge in [-0.3, -0.25) is 0 Å². The normalized spacial score (nSPS) is 15.3. The van der Waals surface area contributed by atoms with E-state index in [4.69, 9.17) is 15.2 Å². The van der Waals surface area contributed by atoms with E-state index in [0.717, 1.165) is 17.7 Å². The van der Waals surface area contributed by atoms with Crippen LogP contribution in [-0.2, 0) is 0 Å². The van der Waals surface area contributed by atoms with Gasteiger partial charge in [-0.15, -0.1) is 0 Å². The lowest BCUT2D eigenvalue weighted by Crippen LogP contribution is -2.03. The second-order valence-electron chi connectivity index (χ2n) is 3.56. The molecule has 0 amide bonds. The number of fused-ring (bicyclic) bond motifs is 1. The molecule has 0 fully saturated rings. The molecule has 1 atom stereocenters. The van der Waals surface area contributed by atoms with Crippen LogP contribution < -0.4 is 15.2 Å². The second kappa shape index (κ2) is 4.51. The summed E-state index contributed by atoms with van der Waals surface area (Å²) in [5, 5.41) is 9.83. The van der Waals surface area contributed by atoms with E-state index in [1.165, 1.54) is 0 Å². The van der Waals surface area contributed by atoms with Crippen molar-refractivity contribution in [2.75, 3.05) is 13.3 Å². The monoisotopic (exact) mass is 209 g/mol. The van der Waals surface area contributed by atoms with Gasteiger partial charge in [-0.2, -0.15) is 0 Å². The van der Waals surface area contributed by atoms with Gasteiger partial charge in [0.2, 0.25) is 6.79 Å². The van der Waals surface area contributed by atoms with Crippen molar-refractivity contribution in [3.8, 4) is 11.5 Å². The van der Waals surface area contributed by atoms with Gasteiger partial charge < -0.3 is 20.3 Å². The summed E-state index contributed by atoms with van der Waals surface area (Å²) in [7, 11) is 0. The third kappa shape index (κ3) is 2.22. The van der Waals surface area contributed by atoms with Crippen molar-refractivity contribution in [2.24, 2.45) is 5.73 Å².